The van der Waals surface area contributed by atoms with E-state index in [-0.39, 0.29) is 0 Å². The van der Waals surface area contributed by atoms with E-state index in [0.717, 1.165) is 71.7 Å². The Morgan fingerprint density at radius 2 is 0.795 bits per heavy atom. The predicted octanol–water partition coefficient (Wildman–Crippen LogP) is 12.2. The van der Waals surface area contributed by atoms with E-state index < -0.39 is 0 Å². The minimum Gasteiger partial charge on any atom is -0.456 e. The SMILES string of the molecule is c1ccc(-c2cccc(-c3c4oc5ccc(-c6ccccc6)cc5c4cc4oc5ccc(-c6ccccc6)cc5c34)c2)cc1. The Balaban J connectivity index is 1.38. The Labute approximate surface area is 254 Å². The van der Waals surface area contributed by atoms with Gasteiger partial charge in [0.1, 0.15) is 22.3 Å². The van der Waals surface area contributed by atoms with Crippen molar-refractivity contribution in [2.24, 2.45) is 0 Å². The number of benzene rings is 7. The van der Waals surface area contributed by atoms with E-state index in [9.17, 15) is 0 Å². The first kappa shape index (κ1) is 24.7. The third kappa shape index (κ3) is 3.96. The highest BCUT2D eigenvalue weighted by atomic mass is 16.3. The van der Waals surface area contributed by atoms with Gasteiger partial charge in [0, 0.05) is 27.1 Å². The topological polar surface area (TPSA) is 26.3 Å². The first-order valence-corrected chi connectivity index (χ1v) is 14.9. The number of hydrogen-bond donors (Lipinski definition) is 0. The maximum atomic E-state index is 6.77. The second kappa shape index (κ2) is 9.86. The molecule has 2 nitrogen and oxygen atoms in total. The van der Waals surface area contributed by atoms with E-state index in [0.29, 0.717) is 0 Å². The molecular formula is C42H26O2. The zero-order chi connectivity index (χ0) is 29.0. The van der Waals surface area contributed by atoms with E-state index in [4.69, 9.17) is 8.83 Å². The fourth-order valence-electron chi connectivity index (χ4n) is 6.55. The molecule has 2 heterocycles. The monoisotopic (exact) mass is 562 g/mol. The summed E-state index contributed by atoms with van der Waals surface area (Å²) in [5.74, 6) is 0. The Bertz CT molecular complexity index is 2460. The molecule has 0 atom stereocenters. The van der Waals surface area contributed by atoms with Crippen LogP contribution < -0.4 is 0 Å². The van der Waals surface area contributed by atoms with Crippen LogP contribution in [0.25, 0.3) is 88.4 Å². The van der Waals surface area contributed by atoms with Crippen LogP contribution in [-0.4, -0.2) is 0 Å². The quantitative estimate of drug-likeness (QED) is 0.213. The van der Waals surface area contributed by atoms with Gasteiger partial charge in [0.05, 0.1) is 0 Å². The van der Waals surface area contributed by atoms with E-state index >= 15 is 0 Å². The summed E-state index contributed by atoms with van der Waals surface area (Å²) in [4.78, 5) is 0. The van der Waals surface area contributed by atoms with Crippen LogP contribution in [-0.2, 0) is 0 Å². The lowest BCUT2D eigenvalue weighted by Crippen LogP contribution is -1.85. The summed E-state index contributed by atoms with van der Waals surface area (Å²) in [7, 11) is 0. The van der Waals surface area contributed by atoms with Crippen LogP contribution in [0.2, 0.25) is 0 Å². The van der Waals surface area contributed by atoms with Crippen LogP contribution in [0, 0.1) is 0 Å². The molecule has 2 heteroatoms. The number of furan rings is 2. The Hall–Kier alpha value is -5.86. The largest absolute Gasteiger partial charge is 0.456 e. The van der Waals surface area contributed by atoms with Gasteiger partial charge in [-0.3, -0.25) is 0 Å². The van der Waals surface area contributed by atoms with Gasteiger partial charge in [-0.05, 0) is 75.3 Å². The lowest BCUT2D eigenvalue weighted by molar-refractivity contribution is 0.664. The highest BCUT2D eigenvalue weighted by Gasteiger charge is 2.22. The molecule has 9 aromatic rings. The summed E-state index contributed by atoms with van der Waals surface area (Å²) >= 11 is 0. The molecular weight excluding hydrogens is 536 g/mol. The standard InChI is InChI=1S/C42H26O2/c1-4-11-27(12-5-1)30-17-10-18-33(23-30)40-41-36-25-32(29-15-8-3-9-16-29)20-22-38(36)43-39(41)26-35-34-24-31(28-13-6-2-7-14-28)19-21-37(34)44-42(35)40/h1-26H. The minimum absolute atomic E-state index is 0.852. The average molecular weight is 563 g/mol. The summed E-state index contributed by atoms with van der Waals surface area (Å²) in [6.45, 7) is 0. The summed E-state index contributed by atoms with van der Waals surface area (Å²) in [5.41, 5.74) is 12.6. The summed E-state index contributed by atoms with van der Waals surface area (Å²) < 4.78 is 13.4. The molecule has 0 bridgehead atoms. The second-order valence-electron chi connectivity index (χ2n) is 11.3. The molecule has 0 saturated heterocycles. The first-order chi connectivity index (χ1) is 21.8. The molecule has 0 saturated carbocycles. The number of hydrogen-bond acceptors (Lipinski definition) is 2. The van der Waals surface area contributed by atoms with Crippen molar-refractivity contribution in [1.82, 2.24) is 0 Å². The van der Waals surface area contributed by atoms with Gasteiger partial charge in [-0.2, -0.15) is 0 Å². The van der Waals surface area contributed by atoms with Crippen LogP contribution >= 0.6 is 0 Å². The zero-order valence-corrected chi connectivity index (χ0v) is 23.8. The van der Waals surface area contributed by atoms with E-state index in [2.05, 4.69) is 152 Å². The van der Waals surface area contributed by atoms with Gasteiger partial charge < -0.3 is 8.83 Å². The van der Waals surface area contributed by atoms with Gasteiger partial charge in [0.15, 0.2) is 0 Å². The smallest absolute Gasteiger partial charge is 0.144 e. The molecule has 0 aliphatic carbocycles. The lowest BCUT2D eigenvalue weighted by Gasteiger charge is -2.09. The van der Waals surface area contributed by atoms with Crippen molar-refractivity contribution >= 4 is 43.9 Å². The normalized spacial score (nSPS) is 11.6. The maximum Gasteiger partial charge on any atom is 0.144 e. The molecule has 0 spiro atoms. The molecule has 0 unspecified atom stereocenters. The number of fused-ring (bicyclic) bond motifs is 6. The third-order valence-corrected chi connectivity index (χ3v) is 8.67. The molecule has 0 fully saturated rings. The van der Waals surface area contributed by atoms with Gasteiger partial charge >= 0.3 is 0 Å². The minimum atomic E-state index is 0.852. The van der Waals surface area contributed by atoms with Crippen molar-refractivity contribution in [1.29, 1.82) is 0 Å². The van der Waals surface area contributed by atoms with Crippen molar-refractivity contribution in [2.45, 2.75) is 0 Å². The summed E-state index contributed by atoms with van der Waals surface area (Å²) in [6.07, 6.45) is 0. The molecule has 206 valence electrons. The molecule has 0 aliphatic heterocycles. The first-order valence-electron chi connectivity index (χ1n) is 14.9. The molecule has 7 aromatic carbocycles. The van der Waals surface area contributed by atoms with Gasteiger partial charge in [-0.25, -0.2) is 0 Å². The molecule has 44 heavy (non-hydrogen) atoms. The van der Waals surface area contributed by atoms with E-state index in [1.165, 1.54) is 16.7 Å². The zero-order valence-electron chi connectivity index (χ0n) is 23.8. The summed E-state index contributed by atoms with van der Waals surface area (Å²) in [6, 6.07) is 55.4. The average Bonchev–Trinajstić information content (AvgIpc) is 3.65. The van der Waals surface area contributed by atoms with Gasteiger partial charge in [-0.1, -0.05) is 121 Å². The van der Waals surface area contributed by atoms with Crippen LogP contribution in [0.3, 0.4) is 0 Å². The second-order valence-corrected chi connectivity index (χ2v) is 11.3. The highest BCUT2D eigenvalue weighted by molar-refractivity contribution is 6.24. The fourth-order valence-corrected chi connectivity index (χ4v) is 6.55. The number of rotatable bonds is 4. The molecule has 2 aromatic heterocycles. The molecule has 0 N–H and O–H groups in total. The van der Waals surface area contributed by atoms with Crippen LogP contribution in [0.1, 0.15) is 0 Å². The van der Waals surface area contributed by atoms with E-state index in [1.54, 1.807) is 0 Å². The Morgan fingerprint density at radius 3 is 1.41 bits per heavy atom. The lowest BCUT2D eigenvalue weighted by atomic mass is 9.93. The predicted molar refractivity (Wildman–Crippen MR) is 183 cm³/mol. The van der Waals surface area contributed by atoms with Crippen LogP contribution in [0.5, 0.6) is 0 Å². The molecule has 0 aliphatic rings. The fraction of sp³-hybridized carbons (Fsp3) is 0. The van der Waals surface area contributed by atoms with E-state index in [1.807, 2.05) is 6.07 Å². The van der Waals surface area contributed by atoms with Gasteiger partial charge in [0.25, 0.3) is 0 Å². The van der Waals surface area contributed by atoms with Gasteiger partial charge in [-0.15, -0.1) is 0 Å². The van der Waals surface area contributed by atoms with Crippen molar-refractivity contribution in [3.8, 4) is 44.5 Å². The molecule has 0 amide bonds. The highest BCUT2D eigenvalue weighted by Crippen LogP contribution is 2.46. The third-order valence-electron chi connectivity index (χ3n) is 8.67. The van der Waals surface area contributed by atoms with Crippen LogP contribution in [0.15, 0.2) is 167 Å². The Morgan fingerprint density at radius 1 is 0.295 bits per heavy atom. The van der Waals surface area contributed by atoms with Crippen LogP contribution in [0.4, 0.5) is 0 Å². The Kier molecular flexibility index (Phi) is 5.54. The molecule has 9 rings (SSSR count). The maximum absolute atomic E-state index is 6.77. The summed E-state index contributed by atoms with van der Waals surface area (Å²) in [5, 5.41) is 4.27. The van der Waals surface area contributed by atoms with Crippen molar-refractivity contribution in [2.75, 3.05) is 0 Å². The van der Waals surface area contributed by atoms with Crippen molar-refractivity contribution in [3.63, 3.8) is 0 Å². The van der Waals surface area contributed by atoms with Gasteiger partial charge in [0.2, 0.25) is 0 Å². The van der Waals surface area contributed by atoms with Crippen molar-refractivity contribution in [3.05, 3.63) is 158 Å². The van der Waals surface area contributed by atoms with Crippen molar-refractivity contribution < 1.29 is 8.83 Å². The molecule has 0 radical (unpaired) electrons.